The average molecular weight is 417 g/mol. The lowest BCUT2D eigenvalue weighted by atomic mass is 9.87. The lowest BCUT2D eigenvalue weighted by molar-refractivity contribution is -0.131. The maximum absolute atomic E-state index is 12.7. The zero-order valence-corrected chi connectivity index (χ0v) is 18.4. The molecule has 1 heterocycles. The molecule has 2 aliphatic rings. The van der Waals surface area contributed by atoms with Crippen LogP contribution in [0.5, 0.6) is 0 Å². The fourth-order valence-electron chi connectivity index (χ4n) is 4.43. The van der Waals surface area contributed by atoms with Crippen LogP contribution in [0.1, 0.15) is 57.1 Å². The van der Waals surface area contributed by atoms with Gasteiger partial charge in [0.05, 0.1) is 25.7 Å². The predicted molar refractivity (Wildman–Crippen MR) is 116 cm³/mol. The van der Waals surface area contributed by atoms with E-state index in [2.05, 4.69) is 18.3 Å². The topological polar surface area (TPSA) is 67.9 Å². The van der Waals surface area contributed by atoms with Crippen LogP contribution in [0.3, 0.4) is 0 Å². The smallest absolute Gasteiger partial charge is 0.225 e. The number of amides is 2. The Morgan fingerprint density at radius 1 is 1.13 bits per heavy atom. The molecule has 1 aromatic rings. The van der Waals surface area contributed by atoms with Crippen molar-refractivity contribution in [2.45, 2.75) is 65.1 Å². The van der Waals surface area contributed by atoms with Gasteiger partial charge in [0.2, 0.25) is 11.8 Å². The minimum absolute atomic E-state index is 0.0200. The van der Waals surface area contributed by atoms with Gasteiger partial charge in [-0.2, -0.15) is 0 Å². The minimum Gasteiger partial charge on any atom is -0.379 e. The fourth-order valence-corrected chi connectivity index (χ4v) is 4.43. The van der Waals surface area contributed by atoms with Gasteiger partial charge in [0.1, 0.15) is 0 Å². The zero-order chi connectivity index (χ0) is 21.3. The number of nitrogens with one attached hydrogen (secondary N) is 1. The van der Waals surface area contributed by atoms with E-state index in [0.29, 0.717) is 52.0 Å². The van der Waals surface area contributed by atoms with Gasteiger partial charge in [-0.25, -0.2) is 0 Å². The van der Waals surface area contributed by atoms with Crippen molar-refractivity contribution in [3.05, 3.63) is 35.4 Å². The first-order valence-corrected chi connectivity index (χ1v) is 11.4. The summed E-state index contributed by atoms with van der Waals surface area (Å²) in [5.74, 6) is 0.639. The Bertz CT molecular complexity index is 700. The lowest BCUT2D eigenvalue weighted by Gasteiger charge is -2.33. The highest BCUT2D eigenvalue weighted by Gasteiger charge is 2.38. The van der Waals surface area contributed by atoms with Gasteiger partial charge >= 0.3 is 0 Å². The highest BCUT2D eigenvalue weighted by atomic mass is 16.5. The third kappa shape index (κ3) is 6.54. The monoisotopic (exact) mass is 416 g/mol. The van der Waals surface area contributed by atoms with Gasteiger partial charge in [-0.05, 0) is 49.7 Å². The maximum Gasteiger partial charge on any atom is 0.225 e. The lowest BCUT2D eigenvalue weighted by Crippen LogP contribution is -2.40. The maximum atomic E-state index is 12.7. The van der Waals surface area contributed by atoms with Gasteiger partial charge in [0.15, 0.2) is 0 Å². The summed E-state index contributed by atoms with van der Waals surface area (Å²) >= 11 is 0. The van der Waals surface area contributed by atoms with Gasteiger partial charge < -0.3 is 19.7 Å². The van der Waals surface area contributed by atoms with Crippen LogP contribution in [-0.2, 0) is 32.2 Å². The van der Waals surface area contributed by atoms with Crippen LogP contribution in [0.4, 0.5) is 0 Å². The molecule has 6 heteroatoms. The Labute approximate surface area is 180 Å². The third-order valence-electron chi connectivity index (χ3n) is 6.26. The van der Waals surface area contributed by atoms with Crippen molar-refractivity contribution in [1.29, 1.82) is 0 Å². The number of hydrogen-bond donors (Lipinski definition) is 1. The Morgan fingerprint density at radius 3 is 2.63 bits per heavy atom. The summed E-state index contributed by atoms with van der Waals surface area (Å²) in [7, 11) is 0. The Morgan fingerprint density at radius 2 is 1.87 bits per heavy atom. The molecule has 1 saturated heterocycles. The summed E-state index contributed by atoms with van der Waals surface area (Å²) in [6.45, 7) is 7.68. The molecule has 166 valence electrons. The molecule has 1 N–H and O–H groups in total. The number of nitrogens with zero attached hydrogens (tertiary/aromatic N) is 1. The number of carbonyl (C=O) groups excluding carboxylic acids is 2. The van der Waals surface area contributed by atoms with Gasteiger partial charge in [0.25, 0.3) is 0 Å². The highest BCUT2D eigenvalue weighted by molar-refractivity contribution is 5.89. The van der Waals surface area contributed by atoms with Crippen molar-refractivity contribution in [3.8, 4) is 0 Å². The van der Waals surface area contributed by atoms with Crippen LogP contribution in [0.15, 0.2) is 24.3 Å². The normalized spacial score (nSPS) is 24.3. The number of carbonyl (C=O) groups is 2. The number of rotatable bonds is 10. The summed E-state index contributed by atoms with van der Waals surface area (Å²) in [6, 6.07) is 8.37. The molecule has 0 spiro atoms. The minimum atomic E-state index is -0.234. The van der Waals surface area contributed by atoms with E-state index in [1.807, 2.05) is 30.0 Å². The van der Waals surface area contributed by atoms with Crippen LogP contribution in [0.25, 0.3) is 0 Å². The first-order chi connectivity index (χ1) is 14.6. The van der Waals surface area contributed by atoms with Crippen molar-refractivity contribution in [3.63, 3.8) is 0 Å². The van der Waals surface area contributed by atoms with E-state index in [-0.39, 0.29) is 17.7 Å². The summed E-state index contributed by atoms with van der Waals surface area (Å²) in [6.07, 6.45) is 4.83. The largest absolute Gasteiger partial charge is 0.379 e. The highest BCUT2D eigenvalue weighted by Crippen LogP contribution is 2.31. The quantitative estimate of drug-likeness (QED) is 0.595. The molecule has 3 rings (SSSR count). The van der Waals surface area contributed by atoms with Crippen molar-refractivity contribution in [1.82, 2.24) is 10.2 Å². The van der Waals surface area contributed by atoms with Crippen molar-refractivity contribution < 1.29 is 19.1 Å². The molecule has 1 aromatic carbocycles. The second-order valence-corrected chi connectivity index (χ2v) is 8.65. The second kappa shape index (κ2) is 11.5. The standard InChI is InChI=1S/C24H36N2O4/c1-3-29-11-12-30-17-20-6-4-5-19(13-20)15-25-24(28)21-14-23(27)26(16-21)22-9-7-18(2)8-10-22/h4-6,13,18,21-22H,3,7-12,14-17H2,1-2H3,(H,25,28). The van der Waals surface area contributed by atoms with E-state index in [4.69, 9.17) is 9.47 Å². The van der Waals surface area contributed by atoms with Crippen LogP contribution in [0, 0.1) is 11.8 Å². The van der Waals surface area contributed by atoms with Crippen molar-refractivity contribution >= 4 is 11.8 Å². The van der Waals surface area contributed by atoms with Gasteiger partial charge in [-0.1, -0.05) is 31.2 Å². The van der Waals surface area contributed by atoms with E-state index < -0.39 is 0 Å². The molecule has 0 aromatic heterocycles. The first kappa shape index (κ1) is 22.8. The molecular formula is C24H36N2O4. The number of benzene rings is 1. The van der Waals surface area contributed by atoms with E-state index in [0.717, 1.165) is 29.9 Å². The van der Waals surface area contributed by atoms with E-state index >= 15 is 0 Å². The number of likely N-dealkylation sites (tertiary alicyclic amines) is 1. The molecule has 30 heavy (non-hydrogen) atoms. The van der Waals surface area contributed by atoms with E-state index in [1.54, 1.807) is 0 Å². The molecule has 0 radical (unpaired) electrons. The predicted octanol–water partition coefficient (Wildman–Crippen LogP) is 3.28. The Hall–Kier alpha value is -1.92. The second-order valence-electron chi connectivity index (χ2n) is 8.65. The first-order valence-electron chi connectivity index (χ1n) is 11.4. The summed E-state index contributed by atoms with van der Waals surface area (Å²) in [5, 5.41) is 3.02. The Balaban J connectivity index is 1.43. The van der Waals surface area contributed by atoms with Crippen LogP contribution in [0.2, 0.25) is 0 Å². The zero-order valence-electron chi connectivity index (χ0n) is 18.4. The van der Waals surface area contributed by atoms with E-state index in [9.17, 15) is 9.59 Å². The summed E-state index contributed by atoms with van der Waals surface area (Å²) in [5.41, 5.74) is 2.11. The van der Waals surface area contributed by atoms with Gasteiger partial charge in [0, 0.05) is 32.2 Å². The molecular weight excluding hydrogens is 380 g/mol. The average Bonchev–Trinajstić information content (AvgIpc) is 3.14. The molecule has 1 aliphatic heterocycles. The molecule has 2 amide bonds. The van der Waals surface area contributed by atoms with Gasteiger partial charge in [-0.3, -0.25) is 9.59 Å². The SMILES string of the molecule is CCOCCOCc1cccc(CNC(=O)C2CC(=O)N(C3CCC(C)CC3)C2)c1. The van der Waals surface area contributed by atoms with E-state index in [1.165, 1.54) is 12.8 Å². The van der Waals surface area contributed by atoms with Crippen molar-refractivity contribution in [2.75, 3.05) is 26.4 Å². The van der Waals surface area contributed by atoms with Crippen LogP contribution < -0.4 is 5.32 Å². The summed E-state index contributed by atoms with van der Waals surface area (Å²) < 4.78 is 10.9. The fraction of sp³-hybridized carbons (Fsp3) is 0.667. The van der Waals surface area contributed by atoms with Crippen molar-refractivity contribution in [2.24, 2.45) is 11.8 Å². The summed E-state index contributed by atoms with van der Waals surface area (Å²) in [4.78, 5) is 27.1. The molecule has 1 atom stereocenters. The molecule has 2 fully saturated rings. The molecule has 0 bridgehead atoms. The number of ether oxygens (including phenoxy) is 2. The third-order valence-corrected chi connectivity index (χ3v) is 6.26. The molecule has 1 saturated carbocycles. The molecule has 6 nitrogen and oxygen atoms in total. The van der Waals surface area contributed by atoms with Crippen LogP contribution >= 0.6 is 0 Å². The Kier molecular flexibility index (Phi) is 8.70. The molecule has 1 unspecified atom stereocenters. The number of hydrogen-bond acceptors (Lipinski definition) is 4. The molecule has 1 aliphatic carbocycles. The van der Waals surface area contributed by atoms with Crippen LogP contribution in [-0.4, -0.2) is 49.1 Å². The van der Waals surface area contributed by atoms with Gasteiger partial charge in [-0.15, -0.1) is 0 Å².